The zero-order valence-electron chi connectivity index (χ0n) is 19.4. The van der Waals surface area contributed by atoms with Crippen LogP contribution in [0.25, 0.3) is 11.1 Å². The van der Waals surface area contributed by atoms with Gasteiger partial charge in [0.25, 0.3) is 0 Å². The molecule has 0 bridgehead atoms. The van der Waals surface area contributed by atoms with Crippen LogP contribution in [0.4, 0.5) is 0 Å². The molecule has 0 spiro atoms. The van der Waals surface area contributed by atoms with E-state index in [9.17, 15) is 4.79 Å². The Bertz CT molecular complexity index is 966. The SMILES string of the molecule is COC(=O)C(OC(C)(C)C)c1cc(CC2CC2)c(-c2ccc3c(c2)CCOC3)cc1C. The van der Waals surface area contributed by atoms with Gasteiger partial charge in [-0.3, -0.25) is 0 Å². The number of benzene rings is 2. The molecule has 166 valence electrons. The van der Waals surface area contributed by atoms with Gasteiger partial charge in [-0.1, -0.05) is 30.3 Å². The number of hydrogen-bond donors (Lipinski definition) is 0. The maximum absolute atomic E-state index is 12.6. The highest BCUT2D eigenvalue weighted by atomic mass is 16.6. The summed E-state index contributed by atoms with van der Waals surface area (Å²) in [6, 6.07) is 11.2. The molecule has 0 saturated heterocycles. The predicted octanol–water partition coefficient (Wildman–Crippen LogP) is 5.72. The van der Waals surface area contributed by atoms with E-state index < -0.39 is 11.7 Å². The van der Waals surface area contributed by atoms with Gasteiger partial charge in [-0.05, 0) is 98.2 Å². The first-order valence-electron chi connectivity index (χ1n) is 11.3. The minimum Gasteiger partial charge on any atom is -0.467 e. The first-order valence-corrected chi connectivity index (χ1v) is 11.3. The fourth-order valence-electron chi connectivity index (χ4n) is 4.36. The molecule has 1 atom stereocenters. The first kappa shape index (κ1) is 22.0. The van der Waals surface area contributed by atoms with Crippen LogP contribution in [-0.2, 0) is 38.5 Å². The Balaban J connectivity index is 1.78. The van der Waals surface area contributed by atoms with Crippen molar-refractivity contribution in [2.45, 2.75) is 71.7 Å². The largest absolute Gasteiger partial charge is 0.467 e. The second-order valence-corrected chi connectivity index (χ2v) is 9.93. The molecular weight excluding hydrogens is 388 g/mol. The number of methoxy groups -OCH3 is 1. The number of ether oxygens (including phenoxy) is 3. The second kappa shape index (κ2) is 8.76. The van der Waals surface area contributed by atoms with Crippen LogP contribution >= 0.6 is 0 Å². The summed E-state index contributed by atoms with van der Waals surface area (Å²) in [7, 11) is 1.42. The molecule has 1 aliphatic carbocycles. The van der Waals surface area contributed by atoms with Gasteiger partial charge in [-0.2, -0.15) is 0 Å². The van der Waals surface area contributed by atoms with Crippen molar-refractivity contribution in [1.29, 1.82) is 0 Å². The molecule has 31 heavy (non-hydrogen) atoms. The maximum atomic E-state index is 12.6. The van der Waals surface area contributed by atoms with Gasteiger partial charge in [0.15, 0.2) is 6.10 Å². The lowest BCUT2D eigenvalue weighted by Gasteiger charge is -2.28. The molecule has 1 unspecified atom stereocenters. The third-order valence-corrected chi connectivity index (χ3v) is 6.16. The molecule has 1 heterocycles. The molecule has 1 aliphatic heterocycles. The lowest BCUT2D eigenvalue weighted by atomic mass is 9.88. The first-order chi connectivity index (χ1) is 14.7. The average Bonchev–Trinajstić information content (AvgIpc) is 3.55. The summed E-state index contributed by atoms with van der Waals surface area (Å²) < 4.78 is 16.9. The third kappa shape index (κ3) is 5.19. The van der Waals surface area contributed by atoms with Crippen LogP contribution in [0.5, 0.6) is 0 Å². The van der Waals surface area contributed by atoms with Crippen molar-refractivity contribution in [3.8, 4) is 11.1 Å². The average molecular weight is 423 g/mol. The Labute approximate surface area is 185 Å². The lowest BCUT2D eigenvalue weighted by Crippen LogP contribution is -2.28. The molecule has 1 saturated carbocycles. The van der Waals surface area contributed by atoms with Crippen LogP contribution in [0.15, 0.2) is 30.3 Å². The third-order valence-electron chi connectivity index (χ3n) is 6.16. The van der Waals surface area contributed by atoms with Gasteiger partial charge in [0, 0.05) is 0 Å². The normalized spacial score (nSPS) is 17.2. The summed E-state index contributed by atoms with van der Waals surface area (Å²) >= 11 is 0. The standard InChI is InChI=1S/C27H34O4/c1-17-12-24(20-8-9-21-16-30-11-10-19(21)14-20)22(13-18-6-7-18)15-23(17)25(26(28)29-5)31-27(2,3)4/h8-9,12,14-15,18,25H,6-7,10-11,13,16H2,1-5H3. The molecule has 2 aromatic rings. The van der Waals surface area contributed by atoms with Crippen LogP contribution < -0.4 is 0 Å². The number of hydrogen-bond acceptors (Lipinski definition) is 4. The van der Waals surface area contributed by atoms with E-state index in [1.54, 1.807) is 0 Å². The second-order valence-electron chi connectivity index (χ2n) is 9.93. The topological polar surface area (TPSA) is 44.8 Å². The molecule has 4 rings (SSSR count). The van der Waals surface area contributed by atoms with E-state index in [2.05, 4.69) is 37.3 Å². The van der Waals surface area contributed by atoms with Crippen LogP contribution in [0, 0.1) is 12.8 Å². The molecular formula is C27H34O4. The van der Waals surface area contributed by atoms with Gasteiger partial charge in [0.2, 0.25) is 0 Å². The summed E-state index contributed by atoms with van der Waals surface area (Å²) in [4.78, 5) is 12.6. The molecule has 4 nitrogen and oxygen atoms in total. The molecule has 0 aromatic heterocycles. The van der Waals surface area contributed by atoms with Crippen LogP contribution in [-0.4, -0.2) is 25.3 Å². The number of fused-ring (bicyclic) bond motifs is 1. The number of esters is 1. The van der Waals surface area contributed by atoms with E-state index in [4.69, 9.17) is 14.2 Å². The van der Waals surface area contributed by atoms with E-state index in [1.807, 2.05) is 20.8 Å². The highest BCUT2D eigenvalue weighted by Gasteiger charge is 2.31. The summed E-state index contributed by atoms with van der Waals surface area (Å²) in [5, 5.41) is 0. The van der Waals surface area contributed by atoms with Crippen molar-refractivity contribution < 1.29 is 19.0 Å². The Morgan fingerprint density at radius 2 is 1.94 bits per heavy atom. The minimum atomic E-state index is -0.724. The highest BCUT2D eigenvalue weighted by Crippen LogP contribution is 2.39. The van der Waals surface area contributed by atoms with Crippen molar-refractivity contribution in [2.75, 3.05) is 13.7 Å². The van der Waals surface area contributed by atoms with Gasteiger partial charge in [-0.25, -0.2) is 4.79 Å². The molecule has 2 aliphatic rings. The van der Waals surface area contributed by atoms with Crippen molar-refractivity contribution >= 4 is 5.97 Å². The van der Waals surface area contributed by atoms with E-state index >= 15 is 0 Å². The van der Waals surface area contributed by atoms with Crippen LogP contribution in [0.1, 0.15) is 67.5 Å². The zero-order valence-corrected chi connectivity index (χ0v) is 19.4. The molecule has 0 amide bonds. The number of aryl methyl sites for hydroxylation is 1. The van der Waals surface area contributed by atoms with E-state index in [0.717, 1.165) is 36.5 Å². The van der Waals surface area contributed by atoms with Gasteiger partial charge in [0.1, 0.15) is 0 Å². The molecule has 1 fully saturated rings. The van der Waals surface area contributed by atoms with Crippen molar-refractivity contribution in [3.05, 3.63) is 58.1 Å². The fourth-order valence-corrected chi connectivity index (χ4v) is 4.36. The fraction of sp³-hybridized carbons (Fsp3) is 0.519. The van der Waals surface area contributed by atoms with E-state index in [-0.39, 0.29) is 5.97 Å². The van der Waals surface area contributed by atoms with Crippen LogP contribution in [0.3, 0.4) is 0 Å². The summed E-state index contributed by atoms with van der Waals surface area (Å²) in [5.74, 6) is 0.386. The minimum absolute atomic E-state index is 0.350. The monoisotopic (exact) mass is 422 g/mol. The van der Waals surface area contributed by atoms with E-state index in [0.29, 0.717) is 6.61 Å². The number of rotatable bonds is 6. The molecule has 4 heteroatoms. The van der Waals surface area contributed by atoms with Gasteiger partial charge < -0.3 is 14.2 Å². The van der Waals surface area contributed by atoms with Crippen molar-refractivity contribution in [2.24, 2.45) is 5.92 Å². The Morgan fingerprint density at radius 3 is 2.61 bits per heavy atom. The smallest absolute Gasteiger partial charge is 0.339 e. The van der Waals surface area contributed by atoms with Gasteiger partial charge in [-0.15, -0.1) is 0 Å². The lowest BCUT2D eigenvalue weighted by molar-refractivity contribution is -0.164. The maximum Gasteiger partial charge on any atom is 0.339 e. The van der Waals surface area contributed by atoms with Gasteiger partial charge >= 0.3 is 5.97 Å². The molecule has 0 N–H and O–H groups in total. The summed E-state index contributed by atoms with van der Waals surface area (Å²) in [6.07, 6.45) is 3.83. The van der Waals surface area contributed by atoms with Crippen molar-refractivity contribution in [1.82, 2.24) is 0 Å². The number of carbonyl (C=O) groups is 1. The summed E-state index contributed by atoms with van der Waals surface area (Å²) in [5.41, 5.74) is 7.98. The van der Waals surface area contributed by atoms with Crippen molar-refractivity contribution in [3.63, 3.8) is 0 Å². The quantitative estimate of drug-likeness (QED) is 0.559. The highest BCUT2D eigenvalue weighted by molar-refractivity contribution is 5.79. The number of carbonyl (C=O) groups excluding carboxylic acids is 1. The zero-order chi connectivity index (χ0) is 22.2. The Kier molecular flexibility index (Phi) is 6.23. The molecule has 0 radical (unpaired) electrons. The van der Waals surface area contributed by atoms with Crippen LogP contribution in [0.2, 0.25) is 0 Å². The van der Waals surface area contributed by atoms with E-state index in [1.165, 1.54) is 47.8 Å². The van der Waals surface area contributed by atoms with Gasteiger partial charge in [0.05, 0.1) is 25.9 Å². The Hall–Kier alpha value is -2.17. The summed E-state index contributed by atoms with van der Waals surface area (Å²) in [6.45, 7) is 9.45. The molecule has 2 aromatic carbocycles. The Morgan fingerprint density at radius 1 is 1.16 bits per heavy atom. The predicted molar refractivity (Wildman–Crippen MR) is 122 cm³/mol.